The summed E-state index contributed by atoms with van der Waals surface area (Å²) in [6.07, 6.45) is 3.59. The molecule has 0 spiro atoms. The van der Waals surface area contributed by atoms with Gasteiger partial charge in [0.1, 0.15) is 0 Å². The Kier molecular flexibility index (Phi) is 8.49. The summed E-state index contributed by atoms with van der Waals surface area (Å²) >= 11 is 8.36. The Morgan fingerprint density at radius 3 is 2.58 bits per heavy atom. The van der Waals surface area contributed by atoms with Gasteiger partial charge in [0.15, 0.2) is 15.1 Å². The van der Waals surface area contributed by atoms with Crippen molar-refractivity contribution in [1.29, 1.82) is 0 Å². The fourth-order valence-corrected chi connectivity index (χ4v) is 8.33. The lowest BCUT2D eigenvalue weighted by molar-refractivity contribution is 0.0923. The number of rotatable bonds is 9. The number of aromatic nitrogens is 5. The number of amides is 2. The van der Waals surface area contributed by atoms with Gasteiger partial charge in [-0.05, 0) is 53.6 Å². The first-order valence-corrected chi connectivity index (χ1v) is 16.0. The second-order valence-corrected chi connectivity index (χ2v) is 13.6. The van der Waals surface area contributed by atoms with E-state index in [9.17, 15) is 18.0 Å². The van der Waals surface area contributed by atoms with E-state index in [1.807, 2.05) is 30.3 Å². The SMILES string of the molecule is Cn1nnnc1S(=O)(=O)c1sc(NC(=O)Nc2ccc(Cl)cc2C(=O)C2CCCC2)nc1CSc1ccccc1. The van der Waals surface area contributed by atoms with Crippen LogP contribution in [0.25, 0.3) is 0 Å². The van der Waals surface area contributed by atoms with Gasteiger partial charge >= 0.3 is 6.03 Å². The number of thioether (sulfide) groups is 1. The van der Waals surface area contributed by atoms with Crippen LogP contribution < -0.4 is 10.6 Å². The molecule has 5 rings (SSSR count). The standard InChI is InChI=1S/C25H24ClN7O4S3/c1-33-25(30-31-32-33)40(36,37)22-20(14-38-17-9-3-2-4-10-17)28-24(39-22)29-23(35)27-19-12-11-16(26)13-18(19)21(34)15-7-5-6-8-15/h2-4,9-13,15H,5-8,14H2,1H3,(H2,27,28,29,35). The lowest BCUT2D eigenvalue weighted by Gasteiger charge is -2.14. The highest BCUT2D eigenvalue weighted by atomic mass is 35.5. The number of sulfone groups is 1. The van der Waals surface area contributed by atoms with Gasteiger partial charge in [-0.15, -0.1) is 11.8 Å². The molecule has 0 atom stereocenters. The van der Waals surface area contributed by atoms with Crippen LogP contribution in [0.3, 0.4) is 0 Å². The summed E-state index contributed by atoms with van der Waals surface area (Å²) in [7, 11) is -2.70. The third kappa shape index (κ3) is 6.19. The predicted octanol–water partition coefficient (Wildman–Crippen LogP) is 5.46. The van der Waals surface area contributed by atoms with E-state index in [1.54, 1.807) is 18.2 Å². The third-order valence-electron chi connectivity index (χ3n) is 6.29. The van der Waals surface area contributed by atoms with Gasteiger partial charge in [-0.3, -0.25) is 10.1 Å². The normalized spacial score (nSPS) is 13.8. The van der Waals surface area contributed by atoms with Gasteiger partial charge < -0.3 is 5.32 Å². The maximum Gasteiger partial charge on any atom is 0.325 e. The zero-order valence-corrected chi connectivity index (χ0v) is 24.4. The Morgan fingerprint density at radius 2 is 1.88 bits per heavy atom. The van der Waals surface area contributed by atoms with Gasteiger partial charge in [-0.2, -0.15) is 0 Å². The second kappa shape index (κ2) is 12.0. The van der Waals surface area contributed by atoms with Crippen LogP contribution in [-0.4, -0.2) is 45.4 Å². The fourth-order valence-electron chi connectivity index (χ4n) is 4.38. The van der Waals surface area contributed by atoms with Crippen LogP contribution in [0.1, 0.15) is 41.7 Å². The summed E-state index contributed by atoms with van der Waals surface area (Å²) in [6.45, 7) is 0. The van der Waals surface area contributed by atoms with Crippen LogP contribution >= 0.6 is 34.7 Å². The maximum absolute atomic E-state index is 13.4. The molecule has 1 saturated carbocycles. The molecule has 2 aromatic heterocycles. The van der Waals surface area contributed by atoms with E-state index >= 15 is 0 Å². The molecule has 2 aromatic carbocycles. The van der Waals surface area contributed by atoms with E-state index in [0.717, 1.165) is 46.6 Å². The fraction of sp³-hybridized carbons (Fsp3) is 0.280. The number of benzene rings is 2. The maximum atomic E-state index is 13.4. The molecular weight excluding hydrogens is 594 g/mol. The van der Waals surface area contributed by atoms with Crippen LogP contribution in [0.15, 0.2) is 62.8 Å². The third-order valence-corrected chi connectivity index (χ3v) is 10.8. The molecule has 0 saturated heterocycles. The van der Waals surface area contributed by atoms with Crippen molar-refractivity contribution in [3.8, 4) is 0 Å². The van der Waals surface area contributed by atoms with E-state index in [-0.39, 0.29) is 37.6 Å². The number of hydrogen-bond acceptors (Lipinski definition) is 10. The number of thiazole rings is 1. The summed E-state index contributed by atoms with van der Waals surface area (Å²) in [5, 5.41) is 16.2. The highest BCUT2D eigenvalue weighted by molar-refractivity contribution is 7.98. The highest BCUT2D eigenvalue weighted by Gasteiger charge is 2.31. The average Bonchev–Trinajstić information content (AvgIpc) is 3.70. The lowest BCUT2D eigenvalue weighted by Crippen LogP contribution is -2.22. The number of anilines is 2. The number of nitrogens with zero attached hydrogens (tertiary/aromatic N) is 5. The zero-order chi connectivity index (χ0) is 28.3. The van der Waals surface area contributed by atoms with Crippen LogP contribution in [0, 0.1) is 5.92 Å². The molecular formula is C25H24ClN7O4S3. The molecule has 1 fully saturated rings. The Hall–Kier alpha value is -3.33. The van der Waals surface area contributed by atoms with Crippen LogP contribution in [-0.2, 0) is 22.6 Å². The smallest absolute Gasteiger partial charge is 0.307 e. The first kappa shape index (κ1) is 28.2. The van der Waals surface area contributed by atoms with Crippen molar-refractivity contribution in [3.63, 3.8) is 0 Å². The summed E-state index contributed by atoms with van der Waals surface area (Å²) in [5.74, 6) is 0.0601. The molecule has 0 radical (unpaired) electrons. The Morgan fingerprint density at radius 1 is 1.12 bits per heavy atom. The van der Waals surface area contributed by atoms with Crippen molar-refractivity contribution >= 4 is 67.2 Å². The number of nitrogens with one attached hydrogen (secondary N) is 2. The average molecular weight is 618 g/mol. The van der Waals surface area contributed by atoms with Crippen molar-refractivity contribution in [2.45, 2.75) is 45.7 Å². The zero-order valence-electron chi connectivity index (χ0n) is 21.2. The molecule has 208 valence electrons. The number of aryl methyl sites for hydroxylation is 1. The first-order valence-electron chi connectivity index (χ1n) is 12.3. The molecule has 0 unspecified atom stereocenters. The largest absolute Gasteiger partial charge is 0.325 e. The predicted molar refractivity (Wildman–Crippen MR) is 153 cm³/mol. The minimum atomic E-state index is -4.13. The Labute approximate surface area is 243 Å². The molecule has 1 aliphatic rings. The Bertz CT molecular complexity index is 1650. The molecule has 40 heavy (non-hydrogen) atoms. The number of carbonyl (C=O) groups is 2. The van der Waals surface area contributed by atoms with Crippen LogP contribution in [0.2, 0.25) is 5.02 Å². The van der Waals surface area contributed by atoms with Gasteiger partial charge in [0.25, 0.3) is 15.0 Å². The topological polar surface area (TPSA) is 149 Å². The molecule has 2 heterocycles. The van der Waals surface area contributed by atoms with Crippen molar-refractivity contribution < 1.29 is 18.0 Å². The molecule has 2 amide bonds. The number of hydrogen-bond donors (Lipinski definition) is 2. The summed E-state index contributed by atoms with van der Waals surface area (Å²) in [5.41, 5.74) is 0.903. The lowest BCUT2D eigenvalue weighted by atomic mass is 9.95. The number of halogens is 1. The van der Waals surface area contributed by atoms with Gasteiger partial charge in [-0.1, -0.05) is 59.1 Å². The molecule has 15 heteroatoms. The van der Waals surface area contributed by atoms with Gasteiger partial charge in [-0.25, -0.2) is 22.9 Å². The highest BCUT2D eigenvalue weighted by Crippen LogP contribution is 2.36. The quantitative estimate of drug-likeness (QED) is 0.184. The van der Waals surface area contributed by atoms with E-state index in [1.165, 1.54) is 18.8 Å². The molecule has 0 aliphatic heterocycles. The van der Waals surface area contributed by atoms with E-state index < -0.39 is 15.9 Å². The minimum Gasteiger partial charge on any atom is -0.307 e. The number of carbonyl (C=O) groups excluding carboxylic acids is 2. The second-order valence-electron chi connectivity index (χ2n) is 9.06. The summed E-state index contributed by atoms with van der Waals surface area (Å²) < 4.78 is 27.9. The first-order chi connectivity index (χ1) is 19.2. The molecule has 4 aromatic rings. The van der Waals surface area contributed by atoms with E-state index in [0.29, 0.717) is 16.3 Å². The summed E-state index contributed by atoms with van der Waals surface area (Å²) in [4.78, 5) is 31.5. The molecule has 1 aliphatic carbocycles. The molecule has 0 bridgehead atoms. The van der Waals surface area contributed by atoms with Gasteiger partial charge in [0.2, 0.25) is 0 Å². The van der Waals surface area contributed by atoms with Crippen LogP contribution in [0.4, 0.5) is 15.6 Å². The van der Waals surface area contributed by atoms with Gasteiger partial charge in [0.05, 0.1) is 11.4 Å². The number of Topliss-reactive ketones (excluding diaryl/α,β-unsaturated/α-hetero) is 1. The van der Waals surface area contributed by atoms with Crippen molar-refractivity contribution in [3.05, 3.63) is 64.8 Å². The minimum absolute atomic E-state index is 0.0598. The number of urea groups is 1. The van der Waals surface area contributed by atoms with Crippen molar-refractivity contribution in [2.24, 2.45) is 13.0 Å². The van der Waals surface area contributed by atoms with Crippen molar-refractivity contribution in [1.82, 2.24) is 25.2 Å². The Balaban J connectivity index is 1.40. The summed E-state index contributed by atoms with van der Waals surface area (Å²) in [6, 6.07) is 13.5. The molecule has 2 N–H and O–H groups in total. The van der Waals surface area contributed by atoms with Gasteiger partial charge in [0, 0.05) is 34.2 Å². The number of ketones is 1. The van der Waals surface area contributed by atoms with Crippen molar-refractivity contribution in [2.75, 3.05) is 10.6 Å². The van der Waals surface area contributed by atoms with Crippen LogP contribution in [0.5, 0.6) is 0 Å². The van der Waals surface area contributed by atoms with E-state index in [2.05, 4.69) is 31.1 Å². The molecule has 11 nitrogen and oxygen atoms in total. The monoisotopic (exact) mass is 617 g/mol. The number of tetrazole rings is 1. The van der Waals surface area contributed by atoms with E-state index in [4.69, 9.17) is 11.6 Å².